The van der Waals surface area contributed by atoms with E-state index in [1.807, 2.05) is 20.8 Å². The van der Waals surface area contributed by atoms with Crippen molar-refractivity contribution in [3.05, 3.63) is 0 Å². The lowest BCUT2D eigenvalue weighted by atomic mass is 9.88. The fraction of sp³-hybridized carbons (Fsp3) is 0.833. The Hall–Kier alpha value is -1.08. The van der Waals surface area contributed by atoms with Crippen molar-refractivity contribution in [3.63, 3.8) is 0 Å². The lowest BCUT2D eigenvalue weighted by Crippen LogP contribution is -2.50. The SMILES string of the molecule is CCN(CC(C)C#N)C(=O)C(C)C1CNC1. The third-order valence-corrected chi connectivity index (χ3v) is 3.32. The first-order valence-electron chi connectivity index (χ1n) is 5.99. The Balaban J connectivity index is 2.51. The van der Waals surface area contributed by atoms with E-state index >= 15 is 0 Å². The van der Waals surface area contributed by atoms with Crippen LogP contribution < -0.4 is 5.32 Å². The van der Waals surface area contributed by atoms with E-state index < -0.39 is 0 Å². The zero-order chi connectivity index (χ0) is 12.1. The van der Waals surface area contributed by atoms with Gasteiger partial charge in [-0.1, -0.05) is 6.92 Å². The molecule has 2 atom stereocenters. The van der Waals surface area contributed by atoms with Crippen molar-refractivity contribution < 1.29 is 4.79 Å². The highest BCUT2D eigenvalue weighted by Crippen LogP contribution is 2.18. The molecule has 4 nitrogen and oxygen atoms in total. The molecule has 1 heterocycles. The van der Waals surface area contributed by atoms with E-state index in [9.17, 15) is 4.79 Å². The molecule has 0 radical (unpaired) electrons. The Morgan fingerprint density at radius 2 is 2.19 bits per heavy atom. The first-order valence-corrected chi connectivity index (χ1v) is 5.99. The van der Waals surface area contributed by atoms with Gasteiger partial charge in [0, 0.05) is 19.0 Å². The van der Waals surface area contributed by atoms with Crippen molar-refractivity contribution in [3.8, 4) is 6.07 Å². The van der Waals surface area contributed by atoms with Gasteiger partial charge in [0.1, 0.15) is 0 Å². The second kappa shape index (κ2) is 5.86. The van der Waals surface area contributed by atoms with Gasteiger partial charge in [0.15, 0.2) is 0 Å². The molecule has 0 saturated carbocycles. The van der Waals surface area contributed by atoms with Crippen LogP contribution >= 0.6 is 0 Å². The van der Waals surface area contributed by atoms with Gasteiger partial charge in [-0.3, -0.25) is 4.79 Å². The third kappa shape index (κ3) is 2.96. The molecule has 1 aliphatic rings. The summed E-state index contributed by atoms with van der Waals surface area (Å²) < 4.78 is 0. The summed E-state index contributed by atoms with van der Waals surface area (Å²) in [6, 6.07) is 2.17. The zero-order valence-corrected chi connectivity index (χ0v) is 10.4. The van der Waals surface area contributed by atoms with Crippen LogP contribution in [0.3, 0.4) is 0 Å². The summed E-state index contributed by atoms with van der Waals surface area (Å²) in [7, 11) is 0. The summed E-state index contributed by atoms with van der Waals surface area (Å²) in [4.78, 5) is 14.0. The molecule has 0 aromatic heterocycles. The molecule has 1 fully saturated rings. The van der Waals surface area contributed by atoms with Gasteiger partial charge >= 0.3 is 0 Å². The van der Waals surface area contributed by atoms with Crippen molar-refractivity contribution in [1.82, 2.24) is 10.2 Å². The van der Waals surface area contributed by atoms with Gasteiger partial charge in [-0.05, 0) is 32.9 Å². The summed E-state index contributed by atoms with van der Waals surface area (Å²) in [6.45, 7) is 8.94. The van der Waals surface area contributed by atoms with Crippen LogP contribution in [0.2, 0.25) is 0 Å². The summed E-state index contributed by atoms with van der Waals surface area (Å²) in [5.74, 6) is 0.651. The number of nitrogens with one attached hydrogen (secondary N) is 1. The van der Waals surface area contributed by atoms with Crippen molar-refractivity contribution in [1.29, 1.82) is 5.26 Å². The maximum absolute atomic E-state index is 12.1. The molecule has 2 unspecified atom stereocenters. The third-order valence-electron chi connectivity index (χ3n) is 3.32. The van der Waals surface area contributed by atoms with E-state index in [1.165, 1.54) is 0 Å². The van der Waals surface area contributed by atoms with E-state index in [0.717, 1.165) is 13.1 Å². The lowest BCUT2D eigenvalue weighted by Gasteiger charge is -2.35. The van der Waals surface area contributed by atoms with E-state index in [2.05, 4.69) is 11.4 Å². The first-order chi connectivity index (χ1) is 7.60. The maximum Gasteiger partial charge on any atom is 0.225 e. The molecular formula is C12H21N3O. The maximum atomic E-state index is 12.1. The van der Waals surface area contributed by atoms with Gasteiger partial charge in [-0.25, -0.2) is 0 Å². The molecule has 1 rings (SSSR count). The molecule has 0 aliphatic carbocycles. The molecule has 1 aliphatic heterocycles. The monoisotopic (exact) mass is 223 g/mol. The predicted molar refractivity (Wildman–Crippen MR) is 62.6 cm³/mol. The number of rotatable bonds is 5. The molecule has 4 heteroatoms. The van der Waals surface area contributed by atoms with Gasteiger partial charge in [0.05, 0.1) is 12.0 Å². The van der Waals surface area contributed by atoms with Crippen molar-refractivity contribution >= 4 is 5.91 Å². The summed E-state index contributed by atoms with van der Waals surface area (Å²) in [5, 5.41) is 12.0. The van der Waals surface area contributed by atoms with E-state index in [-0.39, 0.29) is 17.7 Å². The van der Waals surface area contributed by atoms with Crippen LogP contribution in [0.15, 0.2) is 0 Å². The van der Waals surface area contributed by atoms with Crippen LogP contribution in [0.4, 0.5) is 0 Å². The van der Waals surface area contributed by atoms with Crippen LogP contribution in [0.1, 0.15) is 20.8 Å². The Morgan fingerprint density at radius 3 is 2.56 bits per heavy atom. The van der Waals surface area contributed by atoms with Crippen LogP contribution in [0, 0.1) is 29.1 Å². The van der Waals surface area contributed by atoms with Crippen molar-refractivity contribution in [2.75, 3.05) is 26.2 Å². The largest absolute Gasteiger partial charge is 0.341 e. The highest BCUT2D eigenvalue weighted by molar-refractivity contribution is 5.79. The minimum Gasteiger partial charge on any atom is -0.341 e. The van der Waals surface area contributed by atoms with Crippen LogP contribution in [-0.4, -0.2) is 37.0 Å². The van der Waals surface area contributed by atoms with Crippen molar-refractivity contribution in [2.45, 2.75) is 20.8 Å². The molecule has 0 bridgehead atoms. The number of carbonyl (C=O) groups is 1. The van der Waals surface area contributed by atoms with Crippen LogP contribution in [-0.2, 0) is 4.79 Å². The highest BCUT2D eigenvalue weighted by atomic mass is 16.2. The Bertz CT molecular complexity index is 280. The average molecular weight is 223 g/mol. The predicted octanol–water partition coefficient (Wildman–Crippen LogP) is 0.850. The Morgan fingerprint density at radius 1 is 1.56 bits per heavy atom. The summed E-state index contributed by atoms with van der Waals surface area (Å²) in [6.07, 6.45) is 0. The van der Waals surface area contributed by atoms with E-state index in [0.29, 0.717) is 19.0 Å². The Labute approximate surface area is 97.6 Å². The molecule has 1 amide bonds. The number of nitriles is 1. The van der Waals surface area contributed by atoms with Gasteiger partial charge in [0.25, 0.3) is 0 Å². The lowest BCUT2D eigenvalue weighted by molar-refractivity contribution is -0.137. The number of hydrogen-bond donors (Lipinski definition) is 1. The topological polar surface area (TPSA) is 56.1 Å². The first kappa shape index (κ1) is 13.0. The molecule has 0 spiro atoms. The number of amides is 1. The quantitative estimate of drug-likeness (QED) is 0.751. The summed E-state index contributed by atoms with van der Waals surface area (Å²) >= 11 is 0. The normalized spacial score (nSPS) is 19.4. The minimum atomic E-state index is -0.0874. The number of carbonyl (C=O) groups excluding carboxylic acids is 1. The molecular weight excluding hydrogens is 202 g/mol. The van der Waals surface area contributed by atoms with Crippen molar-refractivity contribution in [2.24, 2.45) is 17.8 Å². The second-order valence-corrected chi connectivity index (χ2v) is 4.61. The molecule has 1 saturated heterocycles. The van der Waals surface area contributed by atoms with Crippen LogP contribution in [0.5, 0.6) is 0 Å². The molecule has 1 N–H and O–H groups in total. The number of hydrogen-bond acceptors (Lipinski definition) is 3. The fourth-order valence-electron chi connectivity index (χ4n) is 1.90. The second-order valence-electron chi connectivity index (χ2n) is 4.61. The minimum absolute atomic E-state index is 0.0760. The molecule has 0 aromatic rings. The molecule has 16 heavy (non-hydrogen) atoms. The molecule has 90 valence electrons. The fourth-order valence-corrected chi connectivity index (χ4v) is 1.90. The average Bonchev–Trinajstić information content (AvgIpc) is 2.21. The number of nitrogens with zero attached hydrogens (tertiary/aromatic N) is 2. The van der Waals surface area contributed by atoms with E-state index in [4.69, 9.17) is 5.26 Å². The Kier molecular flexibility index (Phi) is 4.75. The molecule has 0 aromatic carbocycles. The van der Waals surface area contributed by atoms with Gasteiger partial charge in [-0.15, -0.1) is 0 Å². The smallest absolute Gasteiger partial charge is 0.225 e. The summed E-state index contributed by atoms with van der Waals surface area (Å²) in [5.41, 5.74) is 0. The van der Waals surface area contributed by atoms with E-state index in [1.54, 1.807) is 4.90 Å². The zero-order valence-electron chi connectivity index (χ0n) is 10.4. The standard InChI is InChI=1S/C12H21N3O/c1-4-15(8-9(2)5-13)12(16)10(3)11-6-14-7-11/h9-11,14H,4,6-8H2,1-3H3. The van der Waals surface area contributed by atoms with Gasteiger partial charge in [-0.2, -0.15) is 5.26 Å². The van der Waals surface area contributed by atoms with Crippen LogP contribution in [0.25, 0.3) is 0 Å². The van der Waals surface area contributed by atoms with Gasteiger partial charge < -0.3 is 10.2 Å². The van der Waals surface area contributed by atoms with Gasteiger partial charge in [0.2, 0.25) is 5.91 Å². The highest BCUT2D eigenvalue weighted by Gasteiger charge is 2.31.